The van der Waals surface area contributed by atoms with Gasteiger partial charge in [0.15, 0.2) is 11.5 Å². The Balaban J connectivity index is 1.56. The summed E-state index contributed by atoms with van der Waals surface area (Å²) in [5.74, 6) is 1.28. The number of fused-ring (bicyclic) bond motifs is 1. The summed E-state index contributed by atoms with van der Waals surface area (Å²) in [5.41, 5.74) is 12.0. The van der Waals surface area contributed by atoms with Crippen molar-refractivity contribution in [2.24, 2.45) is 5.73 Å². The van der Waals surface area contributed by atoms with Gasteiger partial charge in [0.2, 0.25) is 11.8 Å². The van der Waals surface area contributed by atoms with Gasteiger partial charge in [-0.15, -0.1) is 0 Å². The second-order valence-corrected chi connectivity index (χ2v) is 8.66. The highest BCUT2D eigenvalue weighted by Gasteiger charge is 2.36. The predicted octanol–water partition coefficient (Wildman–Crippen LogP) is 5.29. The molecule has 2 heterocycles. The summed E-state index contributed by atoms with van der Waals surface area (Å²) in [4.78, 5) is 0. The van der Waals surface area contributed by atoms with Crippen LogP contribution in [0.4, 0.5) is 0 Å². The maximum Gasteiger partial charge on any atom is 0.229 e. The molecule has 0 radical (unpaired) electrons. The molecular weight excluding hydrogens is 452 g/mol. The first-order valence-corrected chi connectivity index (χ1v) is 11.6. The van der Waals surface area contributed by atoms with Gasteiger partial charge in [0.25, 0.3) is 0 Å². The van der Waals surface area contributed by atoms with Crippen LogP contribution >= 0.6 is 0 Å². The van der Waals surface area contributed by atoms with E-state index in [-0.39, 0.29) is 5.88 Å². The van der Waals surface area contributed by atoms with Crippen molar-refractivity contribution in [3.63, 3.8) is 0 Å². The van der Waals surface area contributed by atoms with Crippen LogP contribution in [-0.4, -0.2) is 16.9 Å². The van der Waals surface area contributed by atoms with Gasteiger partial charge >= 0.3 is 0 Å². The topological polar surface area (TPSA) is 95.3 Å². The molecule has 0 saturated carbocycles. The number of nitrogens with two attached hydrogens (primary N) is 1. The van der Waals surface area contributed by atoms with E-state index < -0.39 is 5.92 Å². The Morgan fingerprint density at radius 1 is 1.03 bits per heavy atom. The summed E-state index contributed by atoms with van der Waals surface area (Å²) in [6.45, 7) is 4.35. The lowest BCUT2D eigenvalue weighted by Crippen LogP contribution is -2.22. The Bertz CT molecular complexity index is 1480. The van der Waals surface area contributed by atoms with Crippen LogP contribution in [0, 0.1) is 25.2 Å². The van der Waals surface area contributed by atoms with Crippen molar-refractivity contribution < 1.29 is 14.2 Å². The molecular formula is C29H26N4O3. The Labute approximate surface area is 210 Å². The molecule has 7 nitrogen and oxygen atoms in total. The molecule has 180 valence electrons. The van der Waals surface area contributed by atoms with Crippen molar-refractivity contribution in [3.8, 4) is 29.1 Å². The number of nitriles is 1. The molecule has 2 N–H and O–H groups in total. The molecule has 1 aliphatic rings. The van der Waals surface area contributed by atoms with Gasteiger partial charge in [-0.1, -0.05) is 54.1 Å². The molecule has 5 rings (SSSR count). The number of aryl methyl sites for hydroxylation is 2. The largest absolute Gasteiger partial charge is 0.493 e. The minimum absolute atomic E-state index is 0.0617. The zero-order valence-corrected chi connectivity index (χ0v) is 20.4. The summed E-state index contributed by atoms with van der Waals surface area (Å²) < 4.78 is 19.4. The summed E-state index contributed by atoms with van der Waals surface area (Å²) in [7, 11) is 1.60. The number of methoxy groups -OCH3 is 1. The van der Waals surface area contributed by atoms with Crippen molar-refractivity contribution in [3.05, 3.63) is 112 Å². The van der Waals surface area contributed by atoms with E-state index >= 15 is 0 Å². The number of hydrogen-bond donors (Lipinski definition) is 1. The number of rotatable bonds is 6. The number of nitrogens with zero attached hydrogens (tertiary/aromatic N) is 3. The van der Waals surface area contributed by atoms with Crippen molar-refractivity contribution in [1.82, 2.24) is 9.78 Å². The molecule has 1 atom stereocenters. The lowest BCUT2D eigenvalue weighted by Gasteiger charge is -2.25. The Hall–Kier alpha value is -4.70. The lowest BCUT2D eigenvalue weighted by atomic mass is 9.84. The van der Waals surface area contributed by atoms with Crippen LogP contribution in [0.3, 0.4) is 0 Å². The van der Waals surface area contributed by atoms with E-state index in [0.717, 1.165) is 33.6 Å². The average molecular weight is 479 g/mol. The van der Waals surface area contributed by atoms with E-state index in [0.29, 0.717) is 29.6 Å². The van der Waals surface area contributed by atoms with Gasteiger partial charge in [-0.2, -0.15) is 10.4 Å². The van der Waals surface area contributed by atoms with Crippen molar-refractivity contribution >= 4 is 0 Å². The fourth-order valence-corrected chi connectivity index (χ4v) is 4.43. The van der Waals surface area contributed by atoms with Crippen LogP contribution in [0.1, 0.15) is 33.9 Å². The molecule has 1 aromatic heterocycles. The number of ether oxygens (including phenoxy) is 3. The van der Waals surface area contributed by atoms with Crippen molar-refractivity contribution in [1.29, 1.82) is 5.26 Å². The summed E-state index contributed by atoms with van der Waals surface area (Å²) in [6.07, 6.45) is 0. The molecule has 36 heavy (non-hydrogen) atoms. The number of hydrogen-bond acceptors (Lipinski definition) is 6. The van der Waals surface area contributed by atoms with Crippen LogP contribution < -0.4 is 19.9 Å². The van der Waals surface area contributed by atoms with Gasteiger partial charge < -0.3 is 19.9 Å². The maximum absolute atomic E-state index is 10.0. The van der Waals surface area contributed by atoms with E-state index in [1.165, 1.54) is 0 Å². The first-order valence-electron chi connectivity index (χ1n) is 11.6. The predicted molar refractivity (Wildman–Crippen MR) is 136 cm³/mol. The molecule has 4 aromatic rings. The monoisotopic (exact) mass is 478 g/mol. The standard InChI is InChI=1S/C29H26N4O3/c1-18-9-12-22(13-10-18)33-29-26(19(2)32-33)27(23(16-30)28(31)36-29)21-11-14-24(25(15-21)34-3)35-17-20-7-5-4-6-8-20/h4-15,27H,17,31H2,1-3H3. The molecule has 0 amide bonds. The van der Waals surface area contributed by atoms with Gasteiger partial charge in [-0.3, -0.25) is 0 Å². The van der Waals surface area contributed by atoms with Crippen LogP contribution in [0.5, 0.6) is 17.4 Å². The van der Waals surface area contributed by atoms with Crippen LogP contribution in [0.15, 0.2) is 84.3 Å². The number of aromatic nitrogens is 2. The Morgan fingerprint density at radius 3 is 2.47 bits per heavy atom. The van der Waals surface area contributed by atoms with Gasteiger partial charge in [0.1, 0.15) is 18.2 Å². The van der Waals surface area contributed by atoms with Crippen LogP contribution in [0.25, 0.3) is 5.69 Å². The number of allylic oxidation sites excluding steroid dienone is 1. The first kappa shape index (κ1) is 23.1. The van der Waals surface area contributed by atoms with Crippen LogP contribution in [-0.2, 0) is 6.61 Å². The van der Waals surface area contributed by atoms with E-state index in [1.54, 1.807) is 11.8 Å². The summed E-state index contributed by atoms with van der Waals surface area (Å²) in [6, 6.07) is 25.8. The molecule has 7 heteroatoms. The third kappa shape index (κ3) is 4.14. The molecule has 0 saturated heterocycles. The average Bonchev–Trinajstić information content (AvgIpc) is 3.23. The third-order valence-corrected chi connectivity index (χ3v) is 6.27. The zero-order valence-electron chi connectivity index (χ0n) is 20.4. The Kier molecular flexibility index (Phi) is 6.09. The number of benzene rings is 3. The van der Waals surface area contributed by atoms with Crippen molar-refractivity contribution in [2.45, 2.75) is 26.4 Å². The van der Waals surface area contributed by atoms with Gasteiger partial charge in [-0.25, -0.2) is 4.68 Å². The fraction of sp³-hybridized carbons (Fsp3) is 0.172. The lowest BCUT2D eigenvalue weighted by molar-refractivity contribution is 0.284. The fourth-order valence-electron chi connectivity index (χ4n) is 4.43. The van der Waals surface area contributed by atoms with Crippen LogP contribution in [0.2, 0.25) is 0 Å². The smallest absolute Gasteiger partial charge is 0.229 e. The highest BCUT2D eigenvalue weighted by molar-refractivity contribution is 5.59. The maximum atomic E-state index is 10.0. The third-order valence-electron chi connectivity index (χ3n) is 6.27. The summed E-state index contributed by atoms with van der Waals surface area (Å²) in [5, 5.41) is 14.7. The summed E-state index contributed by atoms with van der Waals surface area (Å²) >= 11 is 0. The van der Waals surface area contributed by atoms with Gasteiger partial charge in [-0.05, 0) is 49.2 Å². The minimum atomic E-state index is -0.463. The second-order valence-electron chi connectivity index (χ2n) is 8.66. The van der Waals surface area contributed by atoms with E-state index in [4.69, 9.17) is 25.0 Å². The molecule has 0 bridgehead atoms. The van der Waals surface area contributed by atoms with E-state index in [2.05, 4.69) is 6.07 Å². The second kappa shape index (κ2) is 9.51. The molecule has 1 aliphatic heterocycles. The molecule has 0 spiro atoms. The SMILES string of the molecule is COc1cc(C2C(C#N)=C(N)Oc3c2c(C)nn3-c2ccc(C)cc2)ccc1OCc1ccccc1. The highest BCUT2D eigenvalue weighted by atomic mass is 16.5. The molecule has 0 aliphatic carbocycles. The molecule has 3 aromatic carbocycles. The first-order chi connectivity index (χ1) is 17.5. The Morgan fingerprint density at radius 2 is 1.78 bits per heavy atom. The quantitative estimate of drug-likeness (QED) is 0.404. The van der Waals surface area contributed by atoms with Crippen molar-refractivity contribution in [2.75, 3.05) is 7.11 Å². The van der Waals surface area contributed by atoms with Gasteiger partial charge in [0.05, 0.1) is 30.0 Å². The molecule has 1 unspecified atom stereocenters. The normalized spacial score (nSPS) is 14.6. The van der Waals surface area contributed by atoms with E-state index in [1.807, 2.05) is 86.6 Å². The highest BCUT2D eigenvalue weighted by Crippen LogP contribution is 2.46. The van der Waals surface area contributed by atoms with Gasteiger partial charge in [0, 0.05) is 0 Å². The molecule has 0 fully saturated rings. The van der Waals surface area contributed by atoms with E-state index in [9.17, 15) is 5.26 Å². The zero-order chi connectivity index (χ0) is 25.2. The minimum Gasteiger partial charge on any atom is -0.493 e.